The van der Waals surface area contributed by atoms with Gasteiger partial charge in [0.2, 0.25) is 5.82 Å². The van der Waals surface area contributed by atoms with Crippen LogP contribution < -0.4 is 10.2 Å². The molecule has 0 saturated carbocycles. The van der Waals surface area contributed by atoms with Gasteiger partial charge in [0.1, 0.15) is 11.5 Å². The highest BCUT2D eigenvalue weighted by Gasteiger charge is 2.27. The van der Waals surface area contributed by atoms with Crippen LogP contribution in [-0.4, -0.2) is 31.1 Å². The van der Waals surface area contributed by atoms with Crippen LogP contribution in [0.4, 0.5) is 20.2 Å². The van der Waals surface area contributed by atoms with Crippen LogP contribution in [-0.2, 0) is 0 Å². The van der Waals surface area contributed by atoms with Gasteiger partial charge >= 0.3 is 5.69 Å². The van der Waals surface area contributed by atoms with Crippen LogP contribution in [0.25, 0.3) is 0 Å². The number of rotatable bonds is 5. The molecule has 0 aliphatic carbocycles. The van der Waals surface area contributed by atoms with Crippen LogP contribution in [0.5, 0.6) is 0 Å². The summed E-state index contributed by atoms with van der Waals surface area (Å²) in [5.41, 5.74) is -0.620. The van der Waals surface area contributed by atoms with Crippen LogP contribution in [0.1, 0.15) is 19.8 Å². The molecule has 0 radical (unpaired) electrons. The predicted octanol–water partition coefficient (Wildman–Crippen LogP) is 2.70. The lowest BCUT2D eigenvalue weighted by Crippen LogP contribution is -2.36. The molecule has 1 aliphatic heterocycles. The molecule has 1 heterocycles. The molecule has 5 nitrogen and oxygen atoms in total. The molecule has 1 aromatic carbocycles. The van der Waals surface area contributed by atoms with Crippen molar-refractivity contribution < 1.29 is 13.7 Å². The van der Waals surface area contributed by atoms with Gasteiger partial charge in [-0.05, 0) is 38.8 Å². The van der Waals surface area contributed by atoms with E-state index in [1.807, 2.05) is 6.92 Å². The van der Waals surface area contributed by atoms with E-state index in [0.717, 1.165) is 32.0 Å². The lowest BCUT2D eigenvalue weighted by Gasteiger charge is -2.30. The standard InChI is InChI=1S/C14H19F2N3O2/c1-2-18(9-10-3-5-17-6-4-10)13-8-11(15)7-12(16)14(13)19(20)21/h7-8,10,17H,2-6,9H2,1H3. The third kappa shape index (κ3) is 3.66. The zero-order chi connectivity index (χ0) is 15.4. The Hall–Kier alpha value is -1.76. The molecule has 0 atom stereocenters. The van der Waals surface area contributed by atoms with Gasteiger partial charge in [0, 0.05) is 25.2 Å². The maximum absolute atomic E-state index is 13.7. The fraction of sp³-hybridized carbons (Fsp3) is 0.571. The number of halogens is 2. The molecule has 1 aromatic rings. The highest BCUT2D eigenvalue weighted by atomic mass is 19.1. The van der Waals surface area contributed by atoms with E-state index in [1.165, 1.54) is 0 Å². The van der Waals surface area contributed by atoms with Crippen molar-refractivity contribution in [3.05, 3.63) is 33.9 Å². The Morgan fingerprint density at radius 1 is 1.38 bits per heavy atom. The summed E-state index contributed by atoms with van der Waals surface area (Å²) in [7, 11) is 0. The Balaban J connectivity index is 2.29. The first-order valence-corrected chi connectivity index (χ1v) is 7.12. The molecular weight excluding hydrogens is 280 g/mol. The average molecular weight is 299 g/mol. The maximum atomic E-state index is 13.7. The van der Waals surface area contributed by atoms with Crippen molar-refractivity contribution in [1.82, 2.24) is 5.32 Å². The van der Waals surface area contributed by atoms with Gasteiger partial charge < -0.3 is 10.2 Å². The Bertz CT molecular complexity index is 519. The molecule has 0 bridgehead atoms. The Morgan fingerprint density at radius 2 is 2.05 bits per heavy atom. The van der Waals surface area contributed by atoms with Crippen molar-refractivity contribution in [1.29, 1.82) is 0 Å². The van der Waals surface area contributed by atoms with Gasteiger partial charge in [0.25, 0.3) is 0 Å². The highest BCUT2D eigenvalue weighted by molar-refractivity contribution is 5.64. The SMILES string of the molecule is CCN(CC1CCNCC1)c1cc(F)cc(F)c1[N+](=O)[O-]. The van der Waals surface area contributed by atoms with E-state index < -0.39 is 22.2 Å². The van der Waals surface area contributed by atoms with Gasteiger partial charge in [-0.2, -0.15) is 4.39 Å². The molecule has 2 rings (SSSR count). The first-order valence-electron chi connectivity index (χ1n) is 7.12. The number of piperidine rings is 1. The van der Waals surface area contributed by atoms with Gasteiger partial charge in [-0.25, -0.2) is 4.39 Å². The Kier molecular flexibility index (Phi) is 5.06. The fourth-order valence-corrected chi connectivity index (χ4v) is 2.75. The smallest absolute Gasteiger partial charge is 0.328 e. The third-order valence-electron chi connectivity index (χ3n) is 3.85. The number of nitro benzene ring substituents is 1. The lowest BCUT2D eigenvalue weighted by molar-refractivity contribution is -0.386. The Labute approximate surface area is 122 Å². The molecule has 1 saturated heterocycles. The number of nitro groups is 1. The summed E-state index contributed by atoms with van der Waals surface area (Å²) in [5, 5.41) is 14.3. The van der Waals surface area contributed by atoms with Crippen molar-refractivity contribution in [3.8, 4) is 0 Å². The maximum Gasteiger partial charge on any atom is 0.328 e. The molecular formula is C14H19F2N3O2. The predicted molar refractivity (Wildman–Crippen MR) is 76.5 cm³/mol. The number of hydrogen-bond acceptors (Lipinski definition) is 4. The lowest BCUT2D eigenvalue weighted by atomic mass is 9.97. The van der Waals surface area contributed by atoms with Crippen molar-refractivity contribution >= 4 is 11.4 Å². The summed E-state index contributed by atoms with van der Waals surface area (Å²) in [6, 6.07) is 1.60. The van der Waals surface area contributed by atoms with E-state index in [-0.39, 0.29) is 5.69 Å². The molecule has 1 N–H and O–H groups in total. The normalized spacial score (nSPS) is 16.0. The minimum absolute atomic E-state index is 0.0264. The summed E-state index contributed by atoms with van der Waals surface area (Å²) in [6.45, 7) is 4.67. The summed E-state index contributed by atoms with van der Waals surface area (Å²) < 4.78 is 27.2. The number of hydrogen-bond donors (Lipinski definition) is 1. The summed E-state index contributed by atoms with van der Waals surface area (Å²) in [4.78, 5) is 12.0. The number of nitrogens with zero attached hydrogens (tertiary/aromatic N) is 2. The van der Waals surface area contributed by atoms with Crippen LogP contribution >= 0.6 is 0 Å². The van der Waals surface area contributed by atoms with Crippen LogP contribution in [0.15, 0.2) is 12.1 Å². The molecule has 1 aliphatic rings. The monoisotopic (exact) mass is 299 g/mol. The van der Waals surface area contributed by atoms with Gasteiger partial charge in [-0.1, -0.05) is 0 Å². The molecule has 116 valence electrons. The van der Waals surface area contributed by atoms with Gasteiger partial charge in [-0.15, -0.1) is 0 Å². The zero-order valence-electron chi connectivity index (χ0n) is 11.9. The van der Waals surface area contributed by atoms with Crippen LogP contribution in [0.2, 0.25) is 0 Å². The van der Waals surface area contributed by atoms with Crippen LogP contribution in [0.3, 0.4) is 0 Å². The molecule has 0 amide bonds. The second-order valence-electron chi connectivity index (χ2n) is 5.24. The molecule has 1 fully saturated rings. The third-order valence-corrected chi connectivity index (χ3v) is 3.85. The largest absolute Gasteiger partial charge is 0.366 e. The second-order valence-corrected chi connectivity index (χ2v) is 5.24. The average Bonchev–Trinajstić information content (AvgIpc) is 2.44. The van der Waals surface area contributed by atoms with Gasteiger partial charge in [0.05, 0.1) is 4.92 Å². The van der Waals surface area contributed by atoms with E-state index in [1.54, 1.807) is 4.90 Å². The Morgan fingerprint density at radius 3 is 2.62 bits per heavy atom. The summed E-state index contributed by atoms with van der Waals surface area (Å²) >= 11 is 0. The highest BCUT2D eigenvalue weighted by Crippen LogP contribution is 2.33. The second kappa shape index (κ2) is 6.80. The molecule has 21 heavy (non-hydrogen) atoms. The van der Waals surface area contributed by atoms with Crippen molar-refractivity contribution in [2.45, 2.75) is 19.8 Å². The van der Waals surface area contributed by atoms with Crippen molar-refractivity contribution in [2.75, 3.05) is 31.1 Å². The quantitative estimate of drug-likeness (QED) is 0.671. The number of nitrogens with one attached hydrogen (secondary N) is 1. The molecule has 0 unspecified atom stereocenters. The van der Waals surface area contributed by atoms with E-state index in [9.17, 15) is 18.9 Å². The van der Waals surface area contributed by atoms with E-state index in [4.69, 9.17) is 0 Å². The topological polar surface area (TPSA) is 58.4 Å². The minimum atomic E-state index is -1.13. The fourth-order valence-electron chi connectivity index (χ4n) is 2.75. The van der Waals surface area contributed by atoms with E-state index in [2.05, 4.69) is 5.32 Å². The molecule has 7 heteroatoms. The van der Waals surface area contributed by atoms with Gasteiger partial charge in [-0.3, -0.25) is 10.1 Å². The number of benzene rings is 1. The van der Waals surface area contributed by atoms with Gasteiger partial charge in [0.15, 0.2) is 0 Å². The van der Waals surface area contributed by atoms with E-state index in [0.29, 0.717) is 25.1 Å². The van der Waals surface area contributed by atoms with E-state index >= 15 is 0 Å². The minimum Gasteiger partial charge on any atom is -0.366 e. The van der Waals surface area contributed by atoms with Crippen molar-refractivity contribution in [3.63, 3.8) is 0 Å². The summed E-state index contributed by atoms with van der Waals surface area (Å²) in [6.07, 6.45) is 1.92. The van der Waals surface area contributed by atoms with Crippen LogP contribution in [0, 0.1) is 27.7 Å². The number of anilines is 1. The molecule has 0 spiro atoms. The molecule has 0 aromatic heterocycles. The van der Waals surface area contributed by atoms with Crippen molar-refractivity contribution in [2.24, 2.45) is 5.92 Å². The summed E-state index contributed by atoms with van der Waals surface area (Å²) in [5.74, 6) is -1.55. The first-order chi connectivity index (χ1) is 10.0. The first kappa shape index (κ1) is 15.6. The zero-order valence-corrected chi connectivity index (χ0v) is 11.9.